The minimum Gasteiger partial charge on any atom is -0.467 e. The fraction of sp³-hybridized carbons (Fsp3) is 0.214. The van der Waals surface area contributed by atoms with Gasteiger partial charge in [-0.1, -0.05) is 41.9 Å². The average Bonchev–Trinajstić information content (AvgIpc) is 3.58. The molecule has 1 fully saturated rings. The Kier molecular flexibility index (Phi) is 8.11. The number of ether oxygens (including phenoxy) is 1. The molecular weight excluding hydrogens is 572 g/mol. The summed E-state index contributed by atoms with van der Waals surface area (Å²) in [5.74, 6) is -2.97. The minimum absolute atomic E-state index is 0.108. The number of amides is 3. The van der Waals surface area contributed by atoms with Gasteiger partial charge in [0.2, 0.25) is 11.8 Å². The number of nitrogens with two attached hydrogens (primary N) is 1. The van der Waals surface area contributed by atoms with Crippen LogP contribution in [0.2, 0.25) is 5.02 Å². The molecule has 0 spiro atoms. The monoisotopic (exact) mass is 595 g/mol. The van der Waals surface area contributed by atoms with Gasteiger partial charge < -0.3 is 20.7 Å². The highest BCUT2D eigenvalue weighted by molar-refractivity contribution is 6.33. The predicted molar refractivity (Wildman–Crippen MR) is 149 cm³/mol. The number of carbonyl (C=O) groups is 3. The number of hydrogen-bond donors (Lipinski definition) is 2. The number of alkyl halides is 1. The van der Waals surface area contributed by atoms with E-state index in [9.17, 15) is 18.8 Å². The Balaban J connectivity index is 1.35. The first-order chi connectivity index (χ1) is 20.2. The van der Waals surface area contributed by atoms with Gasteiger partial charge in [0.25, 0.3) is 5.91 Å². The number of likely N-dealkylation sites (tertiary alicyclic amines) is 1. The van der Waals surface area contributed by atoms with Gasteiger partial charge >= 0.3 is 6.01 Å². The number of aromatic nitrogens is 4. The molecule has 1 saturated heterocycles. The van der Waals surface area contributed by atoms with Crippen LogP contribution in [0.3, 0.4) is 0 Å². The van der Waals surface area contributed by atoms with E-state index in [-0.39, 0.29) is 41.5 Å². The zero-order chi connectivity index (χ0) is 30.0. The van der Waals surface area contributed by atoms with E-state index < -0.39 is 42.3 Å². The van der Waals surface area contributed by atoms with E-state index in [2.05, 4.69) is 20.4 Å². The number of primary amides is 1. The van der Waals surface area contributed by atoms with Gasteiger partial charge in [0.05, 0.1) is 19.3 Å². The first kappa shape index (κ1) is 28.6. The summed E-state index contributed by atoms with van der Waals surface area (Å²) < 4.78 is 36.0. The van der Waals surface area contributed by atoms with E-state index in [0.29, 0.717) is 16.1 Å². The molecule has 14 heteroatoms. The maximum atomic E-state index is 15.4. The Morgan fingerprint density at radius 3 is 2.50 bits per heavy atom. The van der Waals surface area contributed by atoms with Crippen molar-refractivity contribution in [1.82, 2.24) is 24.6 Å². The van der Waals surface area contributed by atoms with Gasteiger partial charge in [0, 0.05) is 52.3 Å². The summed E-state index contributed by atoms with van der Waals surface area (Å²) in [6, 6.07) is 10.00. The molecule has 0 bridgehead atoms. The highest BCUT2D eigenvalue weighted by atomic mass is 35.5. The third-order valence-electron chi connectivity index (χ3n) is 6.71. The molecule has 216 valence electrons. The molecule has 42 heavy (non-hydrogen) atoms. The molecule has 0 aliphatic carbocycles. The number of benzene rings is 2. The van der Waals surface area contributed by atoms with Crippen molar-refractivity contribution in [3.63, 3.8) is 0 Å². The van der Waals surface area contributed by atoms with Crippen molar-refractivity contribution < 1.29 is 27.9 Å². The van der Waals surface area contributed by atoms with Crippen molar-refractivity contribution in [2.75, 3.05) is 19.0 Å². The van der Waals surface area contributed by atoms with E-state index >= 15 is 4.39 Å². The Morgan fingerprint density at radius 1 is 1.10 bits per heavy atom. The second-order valence-electron chi connectivity index (χ2n) is 9.44. The van der Waals surface area contributed by atoms with Crippen molar-refractivity contribution in [2.24, 2.45) is 5.73 Å². The smallest absolute Gasteiger partial charge is 0.316 e. The molecule has 2 atom stereocenters. The second kappa shape index (κ2) is 11.9. The van der Waals surface area contributed by atoms with Gasteiger partial charge in [-0.3, -0.25) is 19.1 Å². The second-order valence-corrected chi connectivity index (χ2v) is 9.85. The van der Waals surface area contributed by atoms with E-state index in [1.807, 2.05) is 0 Å². The molecule has 3 heterocycles. The lowest BCUT2D eigenvalue weighted by atomic mass is 10.0. The van der Waals surface area contributed by atoms with Crippen LogP contribution in [0.5, 0.6) is 6.01 Å². The van der Waals surface area contributed by atoms with E-state index in [4.69, 9.17) is 22.1 Å². The van der Waals surface area contributed by atoms with Crippen LogP contribution in [0.25, 0.3) is 22.3 Å². The fourth-order valence-electron chi connectivity index (χ4n) is 4.73. The van der Waals surface area contributed by atoms with Crippen LogP contribution in [0.1, 0.15) is 16.9 Å². The molecule has 0 radical (unpaired) electrons. The summed E-state index contributed by atoms with van der Waals surface area (Å²) >= 11 is 6.22. The molecular formula is C28H24ClF2N7O4. The molecule has 4 aromatic rings. The molecule has 11 nitrogen and oxygen atoms in total. The van der Waals surface area contributed by atoms with Crippen molar-refractivity contribution in [3.05, 3.63) is 77.6 Å². The van der Waals surface area contributed by atoms with Crippen LogP contribution >= 0.6 is 11.6 Å². The van der Waals surface area contributed by atoms with E-state index in [1.165, 1.54) is 37.8 Å². The summed E-state index contributed by atoms with van der Waals surface area (Å²) in [5, 5.41) is 6.92. The maximum Gasteiger partial charge on any atom is 0.316 e. The Morgan fingerprint density at radius 2 is 1.81 bits per heavy atom. The Hall–Kier alpha value is -4.91. The van der Waals surface area contributed by atoms with Gasteiger partial charge in [-0.05, 0) is 12.1 Å². The first-order valence-corrected chi connectivity index (χ1v) is 13.1. The van der Waals surface area contributed by atoms with Crippen LogP contribution in [0.15, 0.2) is 61.1 Å². The SMILES string of the molecule is COc1ncc(-c2cn(CC(=O)N3C[C@H](F)C[C@H]3C(=O)Nc3cccc(-c4ccccc4Cl)c3F)nc2C(N)=O)cn1. The Labute approximate surface area is 243 Å². The molecule has 1 aliphatic rings. The van der Waals surface area contributed by atoms with Gasteiger partial charge in [0.1, 0.15) is 18.8 Å². The number of halogens is 3. The third-order valence-corrected chi connectivity index (χ3v) is 7.04. The van der Waals surface area contributed by atoms with Crippen molar-refractivity contribution >= 4 is 35.0 Å². The topological polar surface area (TPSA) is 145 Å². The molecule has 2 aromatic heterocycles. The van der Waals surface area contributed by atoms with Gasteiger partial charge in [0.15, 0.2) is 11.5 Å². The largest absolute Gasteiger partial charge is 0.467 e. The van der Waals surface area contributed by atoms with E-state index in [0.717, 1.165) is 9.58 Å². The predicted octanol–water partition coefficient (Wildman–Crippen LogP) is 3.48. The number of nitrogens with one attached hydrogen (secondary N) is 1. The highest BCUT2D eigenvalue weighted by Gasteiger charge is 2.40. The number of nitrogens with zero attached hydrogens (tertiary/aromatic N) is 5. The molecule has 0 saturated carbocycles. The van der Waals surface area contributed by atoms with E-state index in [1.54, 1.807) is 30.3 Å². The van der Waals surface area contributed by atoms with Crippen LogP contribution in [0.4, 0.5) is 14.5 Å². The van der Waals surface area contributed by atoms with Gasteiger partial charge in [-0.2, -0.15) is 5.10 Å². The molecule has 0 unspecified atom stereocenters. The average molecular weight is 596 g/mol. The minimum atomic E-state index is -1.48. The van der Waals surface area contributed by atoms with Crippen molar-refractivity contribution in [2.45, 2.75) is 25.2 Å². The lowest BCUT2D eigenvalue weighted by Gasteiger charge is -2.24. The van der Waals surface area contributed by atoms with Gasteiger partial charge in [-0.25, -0.2) is 18.7 Å². The lowest BCUT2D eigenvalue weighted by molar-refractivity contribution is -0.137. The zero-order valence-corrected chi connectivity index (χ0v) is 22.9. The first-order valence-electron chi connectivity index (χ1n) is 12.7. The summed E-state index contributed by atoms with van der Waals surface area (Å²) in [7, 11) is 1.40. The molecule has 2 aromatic carbocycles. The number of rotatable bonds is 8. The van der Waals surface area contributed by atoms with Crippen molar-refractivity contribution in [1.29, 1.82) is 0 Å². The van der Waals surface area contributed by atoms with Gasteiger partial charge in [-0.15, -0.1) is 0 Å². The molecule has 3 N–H and O–H groups in total. The summed E-state index contributed by atoms with van der Waals surface area (Å²) in [6.45, 7) is -0.771. The normalized spacial score (nSPS) is 16.3. The third kappa shape index (κ3) is 5.77. The van der Waals surface area contributed by atoms with Crippen LogP contribution in [0, 0.1) is 5.82 Å². The number of anilines is 1. The van der Waals surface area contributed by atoms with Crippen LogP contribution < -0.4 is 15.8 Å². The molecule has 3 amide bonds. The zero-order valence-electron chi connectivity index (χ0n) is 22.1. The number of carbonyl (C=O) groups excluding carboxylic acids is 3. The van der Waals surface area contributed by atoms with Crippen LogP contribution in [-0.4, -0.2) is 68.2 Å². The standard InChI is InChI=1S/C28H24ClF2N7O4/c1-42-28-33-10-15(11-34-28)19-13-37(36-25(19)26(32)40)14-23(39)38-12-16(30)9-22(38)27(41)35-21-8-4-6-18(24(21)31)17-5-2-3-7-20(17)29/h2-8,10-11,13,16,22H,9,12,14H2,1H3,(H2,32,40)(H,35,41)/t16-,22+/m1/s1. The highest BCUT2D eigenvalue weighted by Crippen LogP contribution is 2.33. The fourth-order valence-corrected chi connectivity index (χ4v) is 4.96. The molecule has 5 rings (SSSR count). The maximum absolute atomic E-state index is 15.4. The van der Waals surface area contributed by atoms with Crippen LogP contribution in [-0.2, 0) is 16.1 Å². The number of methoxy groups -OCH3 is 1. The quantitative estimate of drug-likeness (QED) is 0.317. The summed E-state index contributed by atoms with van der Waals surface area (Å²) in [6.07, 6.45) is 2.45. The Bertz CT molecular complexity index is 1660. The number of hydrogen-bond acceptors (Lipinski definition) is 7. The van der Waals surface area contributed by atoms with Crippen molar-refractivity contribution in [3.8, 4) is 28.3 Å². The lowest BCUT2D eigenvalue weighted by Crippen LogP contribution is -2.44. The summed E-state index contributed by atoms with van der Waals surface area (Å²) in [4.78, 5) is 47.6. The molecule has 1 aliphatic heterocycles. The summed E-state index contributed by atoms with van der Waals surface area (Å²) in [5.41, 5.74) is 6.47.